The second-order valence-electron chi connectivity index (χ2n) is 15.3. The van der Waals surface area contributed by atoms with Crippen molar-refractivity contribution in [3.63, 3.8) is 0 Å². The number of rotatable bonds is 4. The zero-order chi connectivity index (χ0) is 37.4. The molecule has 2 atom stereocenters. The van der Waals surface area contributed by atoms with E-state index in [9.17, 15) is 0 Å². The van der Waals surface area contributed by atoms with Crippen LogP contribution in [0.1, 0.15) is 46.3 Å². The lowest BCUT2D eigenvalue weighted by molar-refractivity contribution is 0.441. The van der Waals surface area contributed by atoms with E-state index < -0.39 is 0 Å². The van der Waals surface area contributed by atoms with E-state index in [1.807, 2.05) is 18.2 Å². The maximum atomic E-state index is 5.63. The standard InChI is InChI=1S/C47H34N2.C7H8/c1-5-13-30(14-6-1)38-21-23-40(32-17-9-3-10-18-32)46-42(38)28-36-26-34-25-35(44(36)48-46)27-37-29-43-39(31-15-7-2-8-16-31)22-24-41(47(43)49-45(34)37)33-19-11-4-12-20-33;1-7-5-3-2-4-6-7/h1-24,28-29,34-35H,25-27H2;2-6H,1H3/t34-,35-;/m1./s1. The smallest absolute Gasteiger partial charge is 0.0790 e. The van der Waals surface area contributed by atoms with Crippen LogP contribution in [0.3, 0.4) is 0 Å². The molecule has 2 heterocycles. The van der Waals surface area contributed by atoms with Gasteiger partial charge in [-0.3, -0.25) is 9.97 Å². The van der Waals surface area contributed by atoms with Crippen molar-refractivity contribution in [2.24, 2.45) is 0 Å². The average Bonchev–Trinajstić information content (AvgIpc) is 3.26. The Balaban J connectivity index is 0.000000498. The van der Waals surface area contributed by atoms with Crippen molar-refractivity contribution in [2.45, 2.75) is 38.0 Å². The third-order valence-corrected chi connectivity index (χ3v) is 11.7. The lowest BCUT2D eigenvalue weighted by Crippen LogP contribution is -2.27. The molecule has 0 aliphatic heterocycles. The first-order valence-electron chi connectivity index (χ1n) is 19.8. The molecule has 0 saturated carbocycles. The predicted molar refractivity (Wildman–Crippen MR) is 234 cm³/mol. The van der Waals surface area contributed by atoms with Crippen LogP contribution in [-0.2, 0) is 12.8 Å². The Hall–Kier alpha value is -6.64. The Morgan fingerprint density at radius 2 is 0.696 bits per heavy atom. The molecule has 0 radical (unpaired) electrons. The van der Waals surface area contributed by atoms with Gasteiger partial charge in [0.1, 0.15) is 0 Å². The summed E-state index contributed by atoms with van der Waals surface area (Å²) in [6.07, 6.45) is 3.02. The zero-order valence-electron chi connectivity index (χ0n) is 31.6. The first kappa shape index (κ1) is 33.9. The molecule has 0 saturated heterocycles. The van der Waals surface area contributed by atoms with Gasteiger partial charge in [-0.05, 0) is 82.8 Å². The molecule has 2 heteroatoms. The zero-order valence-corrected chi connectivity index (χ0v) is 31.6. The Morgan fingerprint density at radius 1 is 0.375 bits per heavy atom. The van der Waals surface area contributed by atoms with Crippen molar-refractivity contribution in [1.29, 1.82) is 0 Å². The van der Waals surface area contributed by atoms with E-state index in [4.69, 9.17) is 9.97 Å². The molecule has 0 unspecified atom stereocenters. The molecule has 2 aliphatic rings. The van der Waals surface area contributed by atoms with Crippen molar-refractivity contribution in [3.05, 3.63) is 216 Å². The number of benzene rings is 7. The van der Waals surface area contributed by atoms with Crippen LogP contribution in [0.15, 0.2) is 188 Å². The van der Waals surface area contributed by atoms with Gasteiger partial charge in [0.05, 0.1) is 11.0 Å². The van der Waals surface area contributed by atoms with E-state index in [0.717, 1.165) is 30.3 Å². The highest BCUT2D eigenvalue weighted by Crippen LogP contribution is 2.49. The van der Waals surface area contributed by atoms with Gasteiger partial charge < -0.3 is 0 Å². The lowest BCUT2D eigenvalue weighted by Gasteiger charge is -2.37. The highest BCUT2D eigenvalue weighted by Gasteiger charge is 2.37. The summed E-state index contributed by atoms with van der Waals surface area (Å²) in [6, 6.07) is 67.3. The van der Waals surface area contributed by atoms with E-state index in [0.29, 0.717) is 11.8 Å². The van der Waals surface area contributed by atoms with E-state index in [1.165, 1.54) is 83.4 Å². The summed E-state index contributed by atoms with van der Waals surface area (Å²) in [4.78, 5) is 11.3. The van der Waals surface area contributed by atoms with E-state index in [-0.39, 0.29) is 0 Å². The Kier molecular flexibility index (Phi) is 8.80. The van der Waals surface area contributed by atoms with Crippen LogP contribution in [0.2, 0.25) is 0 Å². The van der Waals surface area contributed by atoms with Crippen LogP contribution < -0.4 is 0 Å². The van der Waals surface area contributed by atoms with Crippen molar-refractivity contribution >= 4 is 21.8 Å². The van der Waals surface area contributed by atoms with Crippen LogP contribution in [0.25, 0.3) is 66.3 Å². The summed E-state index contributed by atoms with van der Waals surface area (Å²) in [5, 5.41) is 2.47. The SMILES string of the molecule is Cc1ccccc1.c1ccc(-c2ccc(-c3ccccc3)c3nc4c(cc23)C[C@H]2C[C@@H]4Cc3cc4c(-c5ccccc5)ccc(-c5ccccc5)c4nc32)cc1. The van der Waals surface area contributed by atoms with Crippen LogP contribution in [-0.4, -0.2) is 9.97 Å². The molecule has 0 spiro atoms. The number of hydrogen-bond acceptors (Lipinski definition) is 2. The minimum absolute atomic E-state index is 0.367. The molecule has 2 aliphatic carbocycles. The highest BCUT2D eigenvalue weighted by molar-refractivity contribution is 6.04. The molecule has 9 aromatic rings. The van der Waals surface area contributed by atoms with E-state index in [1.54, 1.807) is 0 Å². The molecule has 0 fully saturated rings. The van der Waals surface area contributed by atoms with Gasteiger partial charge in [0.2, 0.25) is 0 Å². The summed E-state index contributed by atoms with van der Waals surface area (Å²) in [7, 11) is 0. The fraction of sp³-hybridized carbons (Fsp3) is 0.111. The second kappa shape index (κ2) is 14.5. The first-order valence-corrected chi connectivity index (χ1v) is 19.8. The summed E-state index contributed by atoms with van der Waals surface area (Å²) in [5.41, 5.74) is 18.6. The number of aryl methyl sites for hydroxylation is 1. The van der Waals surface area contributed by atoms with Gasteiger partial charge >= 0.3 is 0 Å². The van der Waals surface area contributed by atoms with Crippen LogP contribution >= 0.6 is 0 Å². The van der Waals surface area contributed by atoms with Crippen molar-refractivity contribution < 1.29 is 0 Å². The van der Waals surface area contributed by atoms with Gasteiger partial charge in [-0.1, -0.05) is 181 Å². The summed E-state index contributed by atoms with van der Waals surface area (Å²) < 4.78 is 0. The molecule has 7 aromatic carbocycles. The van der Waals surface area contributed by atoms with E-state index in [2.05, 4.69) is 177 Å². The first-order chi connectivity index (χ1) is 27.7. The average molecular weight is 719 g/mol. The summed E-state index contributed by atoms with van der Waals surface area (Å²) in [5.74, 6) is 0.734. The Labute approximate surface area is 329 Å². The second-order valence-corrected chi connectivity index (χ2v) is 15.3. The molecule has 2 aromatic heterocycles. The van der Waals surface area contributed by atoms with E-state index >= 15 is 0 Å². The molecule has 268 valence electrons. The van der Waals surface area contributed by atoms with Crippen LogP contribution in [0, 0.1) is 6.92 Å². The molecule has 11 rings (SSSR count). The molecule has 2 bridgehead atoms. The van der Waals surface area contributed by atoms with Gasteiger partial charge in [0.15, 0.2) is 0 Å². The Morgan fingerprint density at radius 3 is 1.04 bits per heavy atom. The molecular weight excluding hydrogens is 677 g/mol. The Bertz CT molecular complexity index is 2640. The minimum Gasteiger partial charge on any atom is -0.252 e. The maximum absolute atomic E-state index is 5.63. The number of nitrogens with zero attached hydrogens (tertiary/aromatic N) is 2. The summed E-state index contributed by atoms with van der Waals surface area (Å²) >= 11 is 0. The molecule has 0 amide bonds. The summed E-state index contributed by atoms with van der Waals surface area (Å²) in [6.45, 7) is 2.08. The monoisotopic (exact) mass is 718 g/mol. The number of pyridine rings is 2. The fourth-order valence-electron chi connectivity index (χ4n) is 9.10. The normalized spacial score (nSPS) is 15.4. The van der Waals surface area contributed by atoms with Gasteiger partial charge in [-0.15, -0.1) is 0 Å². The largest absolute Gasteiger partial charge is 0.252 e. The molecule has 0 N–H and O–H groups in total. The number of aromatic nitrogens is 2. The molecule has 2 nitrogen and oxygen atoms in total. The minimum atomic E-state index is 0.367. The third kappa shape index (κ3) is 6.28. The highest BCUT2D eigenvalue weighted by atomic mass is 14.8. The van der Waals surface area contributed by atoms with Gasteiger partial charge in [-0.25, -0.2) is 0 Å². The topological polar surface area (TPSA) is 25.8 Å². The van der Waals surface area contributed by atoms with Crippen molar-refractivity contribution in [1.82, 2.24) is 9.97 Å². The fourth-order valence-corrected chi connectivity index (χ4v) is 9.10. The van der Waals surface area contributed by atoms with Gasteiger partial charge in [0.25, 0.3) is 0 Å². The van der Waals surface area contributed by atoms with Gasteiger partial charge in [-0.2, -0.15) is 0 Å². The molecular formula is C54H42N2. The molecule has 56 heavy (non-hydrogen) atoms. The quantitative estimate of drug-likeness (QED) is 0.181. The van der Waals surface area contributed by atoms with Crippen molar-refractivity contribution in [3.8, 4) is 44.5 Å². The lowest BCUT2D eigenvalue weighted by atomic mass is 9.69. The van der Waals surface area contributed by atoms with Crippen molar-refractivity contribution in [2.75, 3.05) is 0 Å². The predicted octanol–water partition coefficient (Wildman–Crippen LogP) is 13.8. The van der Waals surface area contributed by atoms with Crippen LogP contribution in [0.5, 0.6) is 0 Å². The number of fused-ring (bicyclic) bond motifs is 8. The van der Waals surface area contributed by atoms with Crippen LogP contribution in [0.4, 0.5) is 0 Å². The van der Waals surface area contributed by atoms with Gasteiger partial charge in [0, 0.05) is 45.1 Å². The maximum Gasteiger partial charge on any atom is 0.0790 e. The number of hydrogen-bond donors (Lipinski definition) is 0. The third-order valence-electron chi connectivity index (χ3n) is 11.7.